The Morgan fingerprint density at radius 3 is 2.68 bits per heavy atom. The van der Waals surface area contributed by atoms with Gasteiger partial charge in [-0.25, -0.2) is 0 Å². The summed E-state index contributed by atoms with van der Waals surface area (Å²) in [5.41, 5.74) is 7.43. The maximum absolute atomic E-state index is 8.85. The lowest BCUT2D eigenvalue weighted by molar-refractivity contribution is 0.479. The Bertz CT molecular complexity index is 632. The first-order valence-electron chi connectivity index (χ1n) is 5.83. The summed E-state index contributed by atoms with van der Waals surface area (Å²) in [6, 6.07) is 14.8. The van der Waals surface area contributed by atoms with E-state index < -0.39 is 0 Å². The zero-order valence-electron chi connectivity index (χ0n) is 10.4. The molecular weight excluding hydrogens is 304 g/mol. The van der Waals surface area contributed by atoms with E-state index in [0.29, 0.717) is 17.1 Å². The van der Waals surface area contributed by atoms with Crippen LogP contribution in [-0.4, -0.2) is 0 Å². The summed E-state index contributed by atoms with van der Waals surface area (Å²) in [6.07, 6.45) is 0. The summed E-state index contributed by atoms with van der Waals surface area (Å²) in [6.45, 7) is 1.93. The second-order valence-electron chi connectivity index (χ2n) is 4.22. The van der Waals surface area contributed by atoms with Gasteiger partial charge in [-0.1, -0.05) is 12.1 Å². The van der Waals surface area contributed by atoms with Crippen molar-refractivity contribution in [1.29, 1.82) is 5.26 Å². The molecule has 19 heavy (non-hydrogen) atoms. The van der Waals surface area contributed by atoms with Gasteiger partial charge in [0, 0.05) is 6.04 Å². The standard InChI is InChI=1S/C15H13BrN2O/c1-10(18)12-5-6-15(14(16)8-12)19-13-4-2-3-11(7-13)9-17/h2-8,10H,18H2,1H3. The van der Waals surface area contributed by atoms with E-state index in [1.165, 1.54) is 0 Å². The average molecular weight is 317 g/mol. The van der Waals surface area contributed by atoms with E-state index in [1.807, 2.05) is 31.2 Å². The van der Waals surface area contributed by atoms with Crippen molar-refractivity contribution in [3.05, 3.63) is 58.1 Å². The first-order chi connectivity index (χ1) is 9.10. The predicted molar refractivity (Wildman–Crippen MR) is 78.0 cm³/mol. The number of hydrogen-bond acceptors (Lipinski definition) is 3. The molecule has 2 aromatic carbocycles. The molecular formula is C15H13BrN2O. The molecule has 0 amide bonds. The molecule has 3 nitrogen and oxygen atoms in total. The molecule has 0 aliphatic carbocycles. The second-order valence-corrected chi connectivity index (χ2v) is 5.07. The van der Waals surface area contributed by atoms with Crippen LogP contribution >= 0.6 is 15.9 Å². The molecule has 0 aliphatic rings. The quantitative estimate of drug-likeness (QED) is 0.926. The molecule has 4 heteroatoms. The normalized spacial score (nSPS) is 11.7. The number of ether oxygens (including phenoxy) is 1. The van der Waals surface area contributed by atoms with E-state index in [0.717, 1.165) is 10.0 Å². The highest BCUT2D eigenvalue weighted by Crippen LogP contribution is 2.31. The van der Waals surface area contributed by atoms with Crippen molar-refractivity contribution in [2.24, 2.45) is 5.73 Å². The third kappa shape index (κ3) is 3.34. The fourth-order valence-corrected chi connectivity index (χ4v) is 2.12. The minimum atomic E-state index is -0.0210. The van der Waals surface area contributed by atoms with Gasteiger partial charge >= 0.3 is 0 Å². The molecule has 2 rings (SSSR count). The molecule has 0 saturated carbocycles. The Labute approximate surface area is 120 Å². The number of nitriles is 1. The molecule has 0 saturated heterocycles. The smallest absolute Gasteiger partial charge is 0.141 e. The highest BCUT2D eigenvalue weighted by molar-refractivity contribution is 9.10. The van der Waals surface area contributed by atoms with Crippen LogP contribution in [0, 0.1) is 11.3 Å². The molecule has 0 bridgehead atoms. The Kier molecular flexibility index (Phi) is 4.20. The van der Waals surface area contributed by atoms with Crippen molar-refractivity contribution in [3.63, 3.8) is 0 Å². The first kappa shape index (κ1) is 13.6. The van der Waals surface area contributed by atoms with Gasteiger partial charge in [0.2, 0.25) is 0 Å². The molecule has 1 atom stereocenters. The van der Waals surface area contributed by atoms with Crippen LogP contribution in [-0.2, 0) is 0 Å². The summed E-state index contributed by atoms with van der Waals surface area (Å²) >= 11 is 3.46. The Balaban J connectivity index is 2.26. The van der Waals surface area contributed by atoms with Crippen molar-refractivity contribution in [2.45, 2.75) is 13.0 Å². The Hall–Kier alpha value is -1.83. The molecule has 0 heterocycles. The maximum Gasteiger partial charge on any atom is 0.141 e. The van der Waals surface area contributed by atoms with E-state index in [1.54, 1.807) is 18.2 Å². The summed E-state index contributed by atoms with van der Waals surface area (Å²) in [4.78, 5) is 0. The minimum Gasteiger partial charge on any atom is -0.456 e. The van der Waals surface area contributed by atoms with Gasteiger partial charge in [0.1, 0.15) is 11.5 Å². The summed E-state index contributed by atoms with van der Waals surface area (Å²) in [5, 5.41) is 8.85. The first-order valence-corrected chi connectivity index (χ1v) is 6.62. The molecule has 0 radical (unpaired) electrons. The zero-order chi connectivity index (χ0) is 13.8. The van der Waals surface area contributed by atoms with Crippen LogP contribution in [0.15, 0.2) is 46.9 Å². The Morgan fingerprint density at radius 2 is 2.05 bits per heavy atom. The highest BCUT2D eigenvalue weighted by Gasteiger charge is 2.07. The van der Waals surface area contributed by atoms with Gasteiger partial charge in [-0.05, 0) is 58.7 Å². The van der Waals surface area contributed by atoms with Crippen LogP contribution in [0.5, 0.6) is 11.5 Å². The van der Waals surface area contributed by atoms with Crippen LogP contribution in [0.25, 0.3) is 0 Å². The van der Waals surface area contributed by atoms with Crippen LogP contribution in [0.2, 0.25) is 0 Å². The number of hydrogen-bond donors (Lipinski definition) is 1. The Morgan fingerprint density at radius 1 is 1.26 bits per heavy atom. The van der Waals surface area contributed by atoms with Crippen LogP contribution in [0.1, 0.15) is 24.1 Å². The average Bonchev–Trinajstić information content (AvgIpc) is 2.41. The largest absolute Gasteiger partial charge is 0.456 e. The van der Waals surface area contributed by atoms with Crippen molar-refractivity contribution >= 4 is 15.9 Å². The minimum absolute atomic E-state index is 0.0210. The summed E-state index contributed by atoms with van der Waals surface area (Å²) in [7, 11) is 0. The fraction of sp³-hybridized carbons (Fsp3) is 0.133. The van der Waals surface area contributed by atoms with Crippen LogP contribution < -0.4 is 10.5 Å². The number of nitrogens with zero attached hydrogens (tertiary/aromatic N) is 1. The van der Waals surface area contributed by atoms with E-state index in [-0.39, 0.29) is 6.04 Å². The molecule has 0 aromatic heterocycles. The number of halogens is 1. The molecule has 96 valence electrons. The molecule has 0 aliphatic heterocycles. The zero-order valence-corrected chi connectivity index (χ0v) is 12.0. The summed E-state index contributed by atoms with van der Waals surface area (Å²) < 4.78 is 6.59. The van der Waals surface area contributed by atoms with Gasteiger partial charge in [-0.3, -0.25) is 0 Å². The van der Waals surface area contributed by atoms with Crippen molar-refractivity contribution < 1.29 is 4.74 Å². The van der Waals surface area contributed by atoms with Gasteiger partial charge in [0.25, 0.3) is 0 Å². The topological polar surface area (TPSA) is 59.0 Å². The predicted octanol–water partition coefficient (Wildman–Crippen LogP) is 4.13. The van der Waals surface area contributed by atoms with Gasteiger partial charge in [0.15, 0.2) is 0 Å². The van der Waals surface area contributed by atoms with E-state index in [2.05, 4.69) is 22.0 Å². The maximum atomic E-state index is 8.85. The van der Waals surface area contributed by atoms with Crippen LogP contribution in [0.3, 0.4) is 0 Å². The third-order valence-corrected chi connectivity index (χ3v) is 3.29. The lowest BCUT2D eigenvalue weighted by atomic mass is 10.1. The second kappa shape index (κ2) is 5.87. The molecule has 2 N–H and O–H groups in total. The van der Waals surface area contributed by atoms with Crippen molar-refractivity contribution in [1.82, 2.24) is 0 Å². The van der Waals surface area contributed by atoms with Crippen molar-refractivity contribution in [3.8, 4) is 17.6 Å². The van der Waals surface area contributed by atoms with E-state index in [9.17, 15) is 0 Å². The lowest BCUT2D eigenvalue weighted by Crippen LogP contribution is -2.04. The molecule has 0 spiro atoms. The number of nitrogens with two attached hydrogens (primary N) is 1. The molecule has 2 aromatic rings. The van der Waals surface area contributed by atoms with E-state index in [4.69, 9.17) is 15.7 Å². The molecule has 1 unspecified atom stereocenters. The van der Waals surface area contributed by atoms with Crippen molar-refractivity contribution in [2.75, 3.05) is 0 Å². The van der Waals surface area contributed by atoms with Gasteiger partial charge in [-0.2, -0.15) is 5.26 Å². The third-order valence-electron chi connectivity index (χ3n) is 2.67. The highest BCUT2D eigenvalue weighted by atomic mass is 79.9. The van der Waals surface area contributed by atoms with Gasteiger partial charge < -0.3 is 10.5 Å². The lowest BCUT2D eigenvalue weighted by Gasteiger charge is -2.11. The number of rotatable bonds is 3. The monoisotopic (exact) mass is 316 g/mol. The SMILES string of the molecule is CC(N)c1ccc(Oc2cccc(C#N)c2)c(Br)c1. The van der Waals surface area contributed by atoms with E-state index >= 15 is 0 Å². The number of benzene rings is 2. The molecule has 0 fully saturated rings. The van der Waals surface area contributed by atoms with Crippen LogP contribution in [0.4, 0.5) is 0 Å². The fourth-order valence-electron chi connectivity index (χ4n) is 1.64. The van der Waals surface area contributed by atoms with Gasteiger partial charge in [0.05, 0.1) is 16.1 Å². The van der Waals surface area contributed by atoms with Gasteiger partial charge in [-0.15, -0.1) is 0 Å². The summed E-state index contributed by atoms with van der Waals surface area (Å²) in [5.74, 6) is 1.33.